The first-order valence-corrected chi connectivity index (χ1v) is 8.75. The van der Waals surface area contributed by atoms with Crippen molar-refractivity contribution in [2.45, 2.75) is 11.4 Å². The molecule has 0 saturated carbocycles. The highest BCUT2D eigenvalue weighted by atomic mass is 32.2. The molecule has 2 aromatic rings. The lowest BCUT2D eigenvalue weighted by Crippen LogP contribution is -2.27. The molecule has 1 N–H and O–H groups in total. The predicted molar refractivity (Wildman–Crippen MR) is 90.8 cm³/mol. The highest BCUT2D eigenvalue weighted by molar-refractivity contribution is 7.89. The zero-order chi connectivity index (χ0) is 17.7. The topological polar surface area (TPSA) is 84.3 Å². The van der Waals surface area contributed by atoms with Crippen LogP contribution in [0.25, 0.3) is 0 Å². The Labute approximate surface area is 141 Å². The second-order valence-corrected chi connectivity index (χ2v) is 7.12. The van der Waals surface area contributed by atoms with Crippen LogP contribution in [0, 0.1) is 0 Å². The number of benzene rings is 1. The van der Waals surface area contributed by atoms with Gasteiger partial charge in [0.05, 0.1) is 11.1 Å². The molecular formula is C16H20N4O3S. The molecule has 0 saturated heterocycles. The highest BCUT2D eigenvalue weighted by Gasteiger charge is 2.17. The first-order valence-electron chi connectivity index (χ1n) is 7.27. The van der Waals surface area contributed by atoms with Gasteiger partial charge in [-0.2, -0.15) is 5.10 Å². The molecule has 1 heterocycles. The Morgan fingerprint density at radius 3 is 2.83 bits per heavy atom. The molecule has 7 nitrogen and oxygen atoms in total. The van der Waals surface area contributed by atoms with E-state index in [-0.39, 0.29) is 17.3 Å². The van der Waals surface area contributed by atoms with Gasteiger partial charge in [-0.25, -0.2) is 13.1 Å². The SMILES string of the molecule is C=CCNS(=O)(=O)c1cccc(C(=O)N(C)Cc2cnn(C)c2)c1. The van der Waals surface area contributed by atoms with Crippen molar-refractivity contribution >= 4 is 15.9 Å². The van der Waals surface area contributed by atoms with Crippen LogP contribution in [0.4, 0.5) is 0 Å². The predicted octanol–water partition coefficient (Wildman–Crippen LogP) is 1.16. The molecule has 0 aliphatic heterocycles. The van der Waals surface area contributed by atoms with Crippen LogP contribution in [0.2, 0.25) is 0 Å². The number of nitrogens with zero attached hydrogens (tertiary/aromatic N) is 3. The van der Waals surface area contributed by atoms with E-state index in [0.29, 0.717) is 12.1 Å². The second-order valence-electron chi connectivity index (χ2n) is 5.35. The smallest absolute Gasteiger partial charge is 0.253 e. The fourth-order valence-electron chi connectivity index (χ4n) is 2.17. The first-order chi connectivity index (χ1) is 11.3. The molecule has 128 valence electrons. The van der Waals surface area contributed by atoms with Crippen LogP contribution < -0.4 is 4.72 Å². The van der Waals surface area contributed by atoms with E-state index in [1.54, 1.807) is 37.1 Å². The molecule has 0 fully saturated rings. The molecular weight excluding hydrogens is 328 g/mol. The number of nitrogens with one attached hydrogen (secondary N) is 1. The minimum Gasteiger partial charge on any atom is -0.337 e. The van der Waals surface area contributed by atoms with E-state index in [4.69, 9.17) is 0 Å². The van der Waals surface area contributed by atoms with Gasteiger partial charge in [0, 0.05) is 44.5 Å². The van der Waals surface area contributed by atoms with E-state index in [0.717, 1.165) is 5.56 Å². The van der Waals surface area contributed by atoms with Gasteiger partial charge >= 0.3 is 0 Å². The average Bonchev–Trinajstić information content (AvgIpc) is 2.97. The quantitative estimate of drug-likeness (QED) is 0.761. The monoisotopic (exact) mass is 348 g/mol. The molecule has 0 atom stereocenters. The molecule has 0 bridgehead atoms. The summed E-state index contributed by atoms with van der Waals surface area (Å²) in [4.78, 5) is 14.1. The van der Waals surface area contributed by atoms with Gasteiger partial charge in [0.1, 0.15) is 0 Å². The molecule has 0 spiro atoms. The van der Waals surface area contributed by atoms with Gasteiger partial charge in [-0.05, 0) is 18.2 Å². The van der Waals surface area contributed by atoms with Crippen molar-refractivity contribution in [3.63, 3.8) is 0 Å². The summed E-state index contributed by atoms with van der Waals surface area (Å²) in [6.45, 7) is 3.99. The zero-order valence-electron chi connectivity index (χ0n) is 13.6. The second kappa shape index (κ2) is 7.41. The summed E-state index contributed by atoms with van der Waals surface area (Å²) >= 11 is 0. The van der Waals surface area contributed by atoms with Crippen LogP contribution >= 0.6 is 0 Å². The van der Waals surface area contributed by atoms with E-state index < -0.39 is 10.0 Å². The van der Waals surface area contributed by atoms with E-state index in [9.17, 15) is 13.2 Å². The third-order valence-corrected chi connectivity index (χ3v) is 4.76. The number of carbonyl (C=O) groups excluding carboxylic acids is 1. The van der Waals surface area contributed by atoms with Gasteiger partial charge in [-0.3, -0.25) is 9.48 Å². The lowest BCUT2D eigenvalue weighted by Gasteiger charge is -2.16. The van der Waals surface area contributed by atoms with Crippen LogP contribution in [0.1, 0.15) is 15.9 Å². The maximum Gasteiger partial charge on any atom is 0.253 e. The fourth-order valence-corrected chi connectivity index (χ4v) is 3.21. The Kier molecular flexibility index (Phi) is 5.53. The number of hydrogen-bond acceptors (Lipinski definition) is 4. The molecule has 0 aliphatic carbocycles. The Hall–Kier alpha value is -2.45. The summed E-state index contributed by atoms with van der Waals surface area (Å²) in [5.41, 5.74) is 1.20. The third-order valence-electron chi connectivity index (χ3n) is 3.33. The van der Waals surface area contributed by atoms with Gasteiger partial charge in [-0.1, -0.05) is 12.1 Å². The Bertz CT molecular complexity index is 843. The average molecular weight is 348 g/mol. The van der Waals surface area contributed by atoms with Crippen molar-refractivity contribution in [3.8, 4) is 0 Å². The van der Waals surface area contributed by atoms with E-state index in [1.807, 2.05) is 6.20 Å². The van der Waals surface area contributed by atoms with Gasteiger partial charge in [0.25, 0.3) is 5.91 Å². The van der Waals surface area contributed by atoms with Crippen LogP contribution in [0.15, 0.2) is 54.2 Å². The minimum atomic E-state index is -3.67. The molecule has 24 heavy (non-hydrogen) atoms. The number of aromatic nitrogens is 2. The van der Waals surface area contributed by atoms with Gasteiger partial charge in [0.15, 0.2) is 0 Å². The molecule has 0 radical (unpaired) electrons. The number of carbonyl (C=O) groups is 1. The fraction of sp³-hybridized carbons (Fsp3) is 0.250. The lowest BCUT2D eigenvalue weighted by atomic mass is 10.2. The molecule has 2 rings (SSSR count). The van der Waals surface area contributed by atoms with Crippen molar-refractivity contribution in [1.82, 2.24) is 19.4 Å². The lowest BCUT2D eigenvalue weighted by molar-refractivity contribution is 0.0785. The van der Waals surface area contributed by atoms with Crippen LogP contribution in [0.5, 0.6) is 0 Å². The Morgan fingerprint density at radius 1 is 1.46 bits per heavy atom. The summed E-state index contributed by atoms with van der Waals surface area (Å²) in [6, 6.07) is 5.96. The number of amides is 1. The van der Waals surface area contributed by atoms with E-state index in [1.165, 1.54) is 23.1 Å². The van der Waals surface area contributed by atoms with Crippen molar-refractivity contribution in [3.05, 3.63) is 60.4 Å². The van der Waals surface area contributed by atoms with Crippen LogP contribution in [0.3, 0.4) is 0 Å². The standard InChI is InChI=1S/C16H20N4O3S/c1-4-8-18-24(22,23)15-7-5-6-14(9-15)16(21)19(2)11-13-10-17-20(3)12-13/h4-7,9-10,12,18H,1,8,11H2,2-3H3. The molecule has 1 aromatic carbocycles. The zero-order valence-corrected chi connectivity index (χ0v) is 14.5. The summed E-state index contributed by atoms with van der Waals surface area (Å²) in [6.07, 6.45) is 4.96. The summed E-state index contributed by atoms with van der Waals surface area (Å²) in [5.74, 6) is -0.264. The molecule has 0 aliphatic rings. The third kappa shape index (κ3) is 4.30. The number of sulfonamides is 1. The van der Waals surface area contributed by atoms with Crippen molar-refractivity contribution < 1.29 is 13.2 Å². The maximum absolute atomic E-state index is 12.5. The Morgan fingerprint density at radius 2 is 2.21 bits per heavy atom. The normalized spacial score (nSPS) is 11.2. The number of hydrogen-bond donors (Lipinski definition) is 1. The first kappa shape index (κ1) is 17.9. The minimum absolute atomic E-state index is 0.0463. The summed E-state index contributed by atoms with van der Waals surface area (Å²) in [5, 5.41) is 4.06. The maximum atomic E-state index is 12.5. The van der Waals surface area contributed by atoms with Gasteiger partial charge in [-0.15, -0.1) is 6.58 Å². The molecule has 1 aromatic heterocycles. The molecule has 0 unspecified atom stereocenters. The van der Waals surface area contributed by atoms with E-state index in [2.05, 4.69) is 16.4 Å². The highest BCUT2D eigenvalue weighted by Crippen LogP contribution is 2.14. The summed E-state index contributed by atoms with van der Waals surface area (Å²) in [7, 11) is -0.204. The largest absolute Gasteiger partial charge is 0.337 e. The van der Waals surface area contributed by atoms with Crippen molar-refractivity contribution in [2.24, 2.45) is 7.05 Å². The van der Waals surface area contributed by atoms with Crippen molar-refractivity contribution in [2.75, 3.05) is 13.6 Å². The van der Waals surface area contributed by atoms with E-state index >= 15 is 0 Å². The number of aryl methyl sites for hydroxylation is 1. The summed E-state index contributed by atoms with van der Waals surface area (Å²) < 4.78 is 28.3. The Balaban J connectivity index is 2.17. The van der Waals surface area contributed by atoms with Crippen molar-refractivity contribution in [1.29, 1.82) is 0 Å². The molecule has 1 amide bonds. The van der Waals surface area contributed by atoms with Gasteiger partial charge in [0.2, 0.25) is 10.0 Å². The number of rotatable bonds is 7. The van der Waals surface area contributed by atoms with Crippen LogP contribution in [-0.2, 0) is 23.6 Å². The van der Waals surface area contributed by atoms with Crippen LogP contribution in [-0.4, -0.2) is 42.6 Å². The van der Waals surface area contributed by atoms with Gasteiger partial charge < -0.3 is 4.90 Å². The molecule has 8 heteroatoms.